The molecule has 220 valence electrons. The fourth-order valence-electron chi connectivity index (χ4n) is 4.33. The maximum Gasteiger partial charge on any atom is 0.420 e. The van der Waals surface area contributed by atoms with E-state index in [2.05, 4.69) is 0 Å². The summed E-state index contributed by atoms with van der Waals surface area (Å²) in [6, 6.07) is -1.42. The Morgan fingerprint density at radius 2 is 1.50 bits per heavy atom. The summed E-state index contributed by atoms with van der Waals surface area (Å²) in [4.78, 5) is 40.4. The van der Waals surface area contributed by atoms with Crippen LogP contribution in [0.1, 0.15) is 94.4 Å². The van der Waals surface area contributed by atoms with Crippen LogP contribution < -0.4 is 0 Å². The smallest absolute Gasteiger partial charge is 0.420 e. The van der Waals surface area contributed by atoms with E-state index in [0.717, 1.165) is 25.7 Å². The summed E-state index contributed by atoms with van der Waals surface area (Å²) in [5.41, 5.74) is -1.83. The molecule has 4 atom stereocenters. The summed E-state index contributed by atoms with van der Waals surface area (Å²) in [5, 5.41) is 0. The number of nitrogens with zero attached hydrogens (tertiary/aromatic N) is 1. The summed E-state index contributed by atoms with van der Waals surface area (Å²) in [5.74, 6) is -0.560. The lowest BCUT2D eigenvalue weighted by atomic mass is 9.97. The Labute approximate surface area is 228 Å². The molecule has 1 aliphatic carbocycles. The molecule has 0 radical (unpaired) electrons. The van der Waals surface area contributed by atoms with Gasteiger partial charge in [0.2, 0.25) is 0 Å². The fraction of sp³-hybridized carbons (Fsp3) is 0.893. The molecule has 1 aliphatic heterocycles. The highest BCUT2D eigenvalue weighted by atomic mass is 16.6. The molecule has 0 aromatic rings. The molecule has 2 rings (SSSR count). The van der Waals surface area contributed by atoms with Gasteiger partial charge in [-0.1, -0.05) is 33.1 Å². The van der Waals surface area contributed by atoms with Gasteiger partial charge in [-0.25, -0.2) is 14.4 Å². The van der Waals surface area contributed by atoms with E-state index < -0.39 is 53.7 Å². The lowest BCUT2D eigenvalue weighted by Crippen LogP contribution is -2.54. The van der Waals surface area contributed by atoms with Crippen molar-refractivity contribution in [3.8, 4) is 0 Å². The average molecular weight is 544 g/mol. The Kier molecular flexibility index (Phi) is 11.8. The number of cyclic esters (lactones) is 1. The summed E-state index contributed by atoms with van der Waals surface area (Å²) in [6.45, 7) is 16.1. The van der Waals surface area contributed by atoms with E-state index in [1.54, 1.807) is 48.5 Å². The first kappa shape index (κ1) is 32.3. The molecule has 0 bridgehead atoms. The van der Waals surface area contributed by atoms with E-state index in [0.29, 0.717) is 11.5 Å². The van der Waals surface area contributed by atoms with Crippen LogP contribution in [0.4, 0.5) is 9.59 Å². The zero-order valence-electron chi connectivity index (χ0n) is 24.7. The van der Waals surface area contributed by atoms with Crippen molar-refractivity contribution < 1.29 is 42.8 Å². The van der Waals surface area contributed by atoms with Crippen molar-refractivity contribution >= 4 is 18.2 Å². The minimum absolute atomic E-state index is 0.0713. The van der Waals surface area contributed by atoms with E-state index in [-0.39, 0.29) is 25.2 Å². The topological polar surface area (TPSA) is 110 Å². The molecular weight excluding hydrogens is 494 g/mol. The van der Waals surface area contributed by atoms with E-state index in [1.165, 1.54) is 6.42 Å². The molecule has 2 amide bonds. The summed E-state index contributed by atoms with van der Waals surface area (Å²) in [6.07, 6.45) is 1.53. The van der Waals surface area contributed by atoms with Gasteiger partial charge >= 0.3 is 18.2 Å². The van der Waals surface area contributed by atoms with E-state index in [1.807, 2.05) is 13.8 Å². The van der Waals surface area contributed by atoms with Crippen molar-refractivity contribution in [2.45, 2.75) is 136 Å². The van der Waals surface area contributed by atoms with E-state index in [4.69, 9.17) is 28.4 Å². The number of hydrogen-bond acceptors (Lipinski definition) is 9. The van der Waals surface area contributed by atoms with Gasteiger partial charge in [-0.05, 0) is 67.2 Å². The predicted molar refractivity (Wildman–Crippen MR) is 141 cm³/mol. The summed E-state index contributed by atoms with van der Waals surface area (Å²) in [7, 11) is 0. The largest absolute Gasteiger partial charge is 0.458 e. The first-order valence-electron chi connectivity index (χ1n) is 13.9. The Morgan fingerprint density at radius 3 is 2.00 bits per heavy atom. The van der Waals surface area contributed by atoms with Crippen LogP contribution in [-0.4, -0.2) is 84.5 Å². The van der Waals surface area contributed by atoms with Crippen LogP contribution in [0.25, 0.3) is 0 Å². The number of ether oxygens (including phenoxy) is 6. The Morgan fingerprint density at radius 1 is 0.947 bits per heavy atom. The van der Waals surface area contributed by atoms with Gasteiger partial charge in [0.15, 0.2) is 6.04 Å². The van der Waals surface area contributed by atoms with Crippen LogP contribution in [0.5, 0.6) is 0 Å². The second-order valence-electron chi connectivity index (χ2n) is 12.7. The van der Waals surface area contributed by atoms with Crippen LogP contribution in [0.3, 0.4) is 0 Å². The number of amides is 2. The molecule has 0 aromatic carbocycles. The third-order valence-electron chi connectivity index (χ3n) is 5.99. The maximum absolute atomic E-state index is 13.4. The molecular formula is C28H49NO9. The molecule has 1 saturated heterocycles. The van der Waals surface area contributed by atoms with Crippen molar-refractivity contribution in [3.05, 3.63) is 0 Å². The quantitative estimate of drug-likeness (QED) is 0.328. The van der Waals surface area contributed by atoms with Crippen molar-refractivity contribution in [2.24, 2.45) is 5.92 Å². The first-order valence-corrected chi connectivity index (χ1v) is 13.9. The number of carbonyl (C=O) groups is 3. The Bertz CT molecular complexity index is 752. The lowest BCUT2D eigenvalue weighted by molar-refractivity contribution is -0.178. The number of imide groups is 1. The molecule has 10 heteroatoms. The minimum atomic E-state index is -1.42. The molecule has 0 N–H and O–H groups in total. The number of carbonyl (C=O) groups excluding carboxylic acids is 3. The van der Waals surface area contributed by atoms with Crippen LogP contribution in [-0.2, 0) is 33.2 Å². The number of hydrogen-bond donors (Lipinski definition) is 0. The Balaban J connectivity index is 2.34. The van der Waals surface area contributed by atoms with Crippen LogP contribution >= 0.6 is 0 Å². The van der Waals surface area contributed by atoms with Crippen molar-refractivity contribution in [2.75, 3.05) is 19.8 Å². The third-order valence-corrected chi connectivity index (χ3v) is 5.99. The molecule has 0 spiro atoms. The standard InChI is InChI=1S/C28H49NO9/c1-18(2)15-34-23-19(3)35-24(30)21(16-33-17-22(23)36-20-13-11-10-12-14-20)29(25(31)37-27(4,5)6)26(32)38-28(7,8)9/h18-23H,10-17H2,1-9H3/t19-,21-,22-,23-/m0/s1. The van der Waals surface area contributed by atoms with Crippen molar-refractivity contribution in [1.29, 1.82) is 0 Å². The zero-order valence-corrected chi connectivity index (χ0v) is 24.7. The van der Waals surface area contributed by atoms with Gasteiger partial charge in [0.25, 0.3) is 0 Å². The van der Waals surface area contributed by atoms with Gasteiger partial charge in [0.1, 0.15) is 29.5 Å². The molecule has 10 nitrogen and oxygen atoms in total. The van der Waals surface area contributed by atoms with Gasteiger partial charge in [-0.3, -0.25) is 0 Å². The van der Waals surface area contributed by atoms with Crippen LogP contribution in [0, 0.1) is 5.92 Å². The molecule has 1 heterocycles. The fourth-order valence-corrected chi connectivity index (χ4v) is 4.33. The number of esters is 1. The van der Waals surface area contributed by atoms with Gasteiger partial charge < -0.3 is 28.4 Å². The van der Waals surface area contributed by atoms with Gasteiger partial charge in [-0.2, -0.15) is 4.90 Å². The minimum Gasteiger partial charge on any atom is -0.458 e. The predicted octanol–water partition coefficient (Wildman–Crippen LogP) is 5.25. The molecule has 38 heavy (non-hydrogen) atoms. The van der Waals surface area contributed by atoms with Crippen molar-refractivity contribution in [1.82, 2.24) is 4.90 Å². The van der Waals surface area contributed by atoms with Crippen LogP contribution in [0.2, 0.25) is 0 Å². The third kappa shape index (κ3) is 10.7. The summed E-state index contributed by atoms with van der Waals surface area (Å²) >= 11 is 0. The monoisotopic (exact) mass is 543 g/mol. The first-order chi connectivity index (χ1) is 17.6. The maximum atomic E-state index is 13.4. The highest BCUT2D eigenvalue weighted by Gasteiger charge is 2.44. The highest BCUT2D eigenvalue weighted by Crippen LogP contribution is 2.26. The highest BCUT2D eigenvalue weighted by molar-refractivity contribution is 5.94. The molecule has 2 aliphatic rings. The van der Waals surface area contributed by atoms with Gasteiger partial charge in [-0.15, -0.1) is 0 Å². The second-order valence-corrected chi connectivity index (χ2v) is 12.7. The van der Waals surface area contributed by atoms with Gasteiger partial charge in [0, 0.05) is 6.61 Å². The van der Waals surface area contributed by atoms with E-state index >= 15 is 0 Å². The molecule has 0 unspecified atom stereocenters. The zero-order chi connectivity index (χ0) is 28.7. The SMILES string of the molecule is CC(C)CO[C@H]1[C@H](C)OC(=O)[C@@H](N(C(=O)OC(C)(C)C)C(=O)OC(C)(C)C)COC[C@@H]1OC1CCCCC1. The van der Waals surface area contributed by atoms with Crippen molar-refractivity contribution in [3.63, 3.8) is 0 Å². The Hall–Kier alpha value is -1.91. The normalized spacial score (nSPS) is 26.1. The average Bonchev–Trinajstić information content (AvgIpc) is 2.80. The summed E-state index contributed by atoms with van der Waals surface area (Å²) < 4.78 is 35.3. The van der Waals surface area contributed by atoms with E-state index in [9.17, 15) is 14.4 Å². The second kappa shape index (κ2) is 13.9. The molecule has 0 aromatic heterocycles. The number of rotatable bonds is 6. The van der Waals surface area contributed by atoms with Gasteiger partial charge in [0.05, 0.1) is 19.3 Å². The van der Waals surface area contributed by atoms with Crippen LogP contribution in [0.15, 0.2) is 0 Å². The lowest BCUT2D eigenvalue weighted by Gasteiger charge is -2.34. The molecule has 1 saturated carbocycles. The molecule has 2 fully saturated rings.